The summed E-state index contributed by atoms with van der Waals surface area (Å²) < 4.78 is 0. The lowest BCUT2D eigenvalue weighted by molar-refractivity contribution is -0.155. The molecule has 26 heavy (non-hydrogen) atoms. The van der Waals surface area contributed by atoms with Crippen molar-refractivity contribution in [3.8, 4) is 5.75 Å². The van der Waals surface area contributed by atoms with E-state index in [1.165, 1.54) is 19.2 Å². The molecule has 0 heterocycles. The van der Waals surface area contributed by atoms with Crippen molar-refractivity contribution in [1.29, 1.82) is 0 Å². The third kappa shape index (κ3) is 7.10. The topological polar surface area (TPSA) is 119 Å². The van der Waals surface area contributed by atoms with Crippen molar-refractivity contribution in [2.24, 2.45) is 11.8 Å². The first kappa shape index (κ1) is 21.4. The summed E-state index contributed by atoms with van der Waals surface area (Å²) in [5.74, 6) is -1.13. The molecule has 0 saturated carbocycles. The Bertz CT molecular complexity index is 603. The van der Waals surface area contributed by atoms with Gasteiger partial charge in [0.25, 0.3) is 0 Å². The maximum atomic E-state index is 12.6. The number of aromatic hydroxyl groups is 1. The molecule has 0 aliphatic carbocycles. The van der Waals surface area contributed by atoms with Crippen LogP contribution in [-0.4, -0.2) is 53.2 Å². The molecular weight excluding hydrogens is 338 g/mol. The SMILES string of the molecule is CNC(=O)[C@H](Cc1ccc(O)cc1)NC(=O)C(CC(C)C)CN(O)C=O. The summed E-state index contributed by atoms with van der Waals surface area (Å²) in [6, 6.07) is 5.55. The van der Waals surface area contributed by atoms with Crippen molar-refractivity contribution in [3.63, 3.8) is 0 Å². The summed E-state index contributed by atoms with van der Waals surface area (Å²) >= 11 is 0. The highest BCUT2D eigenvalue weighted by atomic mass is 16.5. The van der Waals surface area contributed by atoms with Crippen LogP contribution in [0.15, 0.2) is 24.3 Å². The van der Waals surface area contributed by atoms with Gasteiger partial charge in [-0.2, -0.15) is 0 Å². The van der Waals surface area contributed by atoms with Gasteiger partial charge in [-0.05, 0) is 30.0 Å². The monoisotopic (exact) mass is 365 g/mol. The van der Waals surface area contributed by atoms with Crippen LogP contribution in [-0.2, 0) is 20.8 Å². The van der Waals surface area contributed by atoms with Crippen LogP contribution in [0.25, 0.3) is 0 Å². The van der Waals surface area contributed by atoms with Gasteiger partial charge in [0.2, 0.25) is 18.2 Å². The first-order valence-corrected chi connectivity index (χ1v) is 8.47. The second-order valence-electron chi connectivity index (χ2n) is 6.60. The van der Waals surface area contributed by atoms with Gasteiger partial charge in [0, 0.05) is 13.5 Å². The number of hydrogen-bond acceptors (Lipinski definition) is 5. The van der Waals surface area contributed by atoms with Gasteiger partial charge in [-0.1, -0.05) is 26.0 Å². The van der Waals surface area contributed by atoms with Gasteiger partial charge in [-0.15, -0.1) is 0 Å². The summed E-state index contributed by atoms with van der Waals surface area (Å²) in [6.07, 6.45) is 0.945. The van der Waals surface area contributed by atoms with Crippen molar-refractivity contribution in [1.82, 2.24) is 15.7 Å². The van der Waals surface area contributed by atoms with E-state index >= 15 is 0 Å². The van der Waals surface area contributed by atoms with E-state index in [1.807, 2.05) is 13.8 Å². The fourth-order valence-corrected chi connectivity index (χ4v) is 2.64. The van der Waals surface area contributed by atoms with E-state index in [9.17, 15) is 24.7 Å². The number of hydroxylamine groups is 2. The molecule has 1 aromatic carbocycles. The van der Waals surface area contributed by atoms with Gasteiger partial charge in [-0.25, -0.2) is 5.06 Å². The molecule has 4 N–H and O–H groups in total. The zero-order valence-electron chi connectivity index (χ0n) is 15.3. The fourth-order valence-electron chi connectivity index (χ4n) is 2.64. The molecular formula is C18H27N3O5. The molecule has 3 amide bonds. The Morgan fingerprint density at radius 3 is 2.31 bits per heavy atom. The van der Waals surface area contributed by atoms with E-state index in [0.29, 0.717) is 11.5 Å². The predicted molar refractivity (Wildman–Crippen MR) is 95.3 cm³/mol. The lowest BCUT2D eigenvalue weighted by atomic mass is 9.95. The zero-order valence-corrected chi connectivity index (χ0v) is 15.3. The molecule has 0 spiro atoms. The minimum absolute atomic E-state index is 0.114. The van der Waals surface area contributed by atoms with Gasteiger partial charge >= 0.3 is 0 Å². The molecule has 0 fully saturated rings. The van der Waals surface area contributed by atoms with Crippen molar-refractivity contribution in [2.45, 2.75) is 32.7 Å². The van der Waals surface area contributed by atoms with Crippen LogP contribution in [0, 0.1) is 11.8 Å². The number of likely N-dealkylation sites (N-methyl/N-ethyl adjacent to an activating group) is 1. The maximum Gasteiger partial charge on any atom is 0.242 e. The first-order valence-electron chi connectivity index (χ1n) is 8.47. The highest BCUT2D eigenvalue weighted by Crippen LogP contribution is 2.15. The third-order valence-corrected chi connectivity index (χ3v) is 3.91. The second kappa shape index (κ2) is 10.4. The van der Waals surface area contributed by atoms with Crippen LogP contribution >= 0.6 is 0 Å². The summed E-state index contributed by atoms with van der Waals surface area (Å²) in [4.78, 5) is 35.4. The quantitative estimate of drug-likeness (QED) is 0.276. The van der Waals surface area contributed by atoms with E-state index in [0.717, 1.165) is 5.56 Å². The molecule has 1 rings (SSSR count). The Labute approximate surface area is 153 Å². The zero-order chi connectivity index (χ0) is 19.7. The Morgan fingerprint density at radius 1 is 1.19 bits per heavy atom. The average Bonchev–Trinajstić information content (AvgIpc) is 2.61. The highest BCUT2D eigenvalue weighted by Gasteiger charge is 2.27. The van der Waals surface area contributed by atoms with Crippen molar-refractivity contribution >= 4 is 18.2 Å². The number of phenolic OH excluding ortho intramolecular Hbond substituents is 1. The van der Waals surface area contributed by atoms with Crippen molar-refractivity contribution in [2.75, 3.05) is 13.6 Å². The summed E-state index contributed by atoms with van der Waals surface area (Å²) in [7, 11) is 1.48. The number of nitrogens with zero attached hydrogens (tertiary/aromatic N) is 1. The van der Waals surface area contributed by atoms with Gasteiger partial charge < -0.3 is 15.7 Å². The lowest BCUT2D eigenvalue weighted by Gasteiger charge is -2.24. The predicted octanol–water partition coefficient (Wildman–Crippen LogP) is 0.675. The Balaban J connectivity index is 2.88. The number of carbonyl (C=O) groups excluding carboxylic acids is 3. The molecule has 0 saturated heterocycles. The van der Waals surface area contributed by atoms with Crippen molar-refractivity contribution in [3.05, 3.63) is 29.8 Å². The van der Waals surface area contributed by atoms with E-state index in [-0.39, 0.29) is 37.0 Å². The van der Waals surface area contributed by atoms with E-state index in [4.69, 9.17) is 0 Å². The van der Waals surface area contributed by atoms with Gasteiger partial charge in [-0.3, -0.25) is 19.6 Å². The standard InChI is InChI=1S/C18H27N3O5/c1-12(2)8-14(10-21(26)11-22)17(24)20-16(18(25)19-3)9-13-4-6-15(23)7-5-13/h4-7,11-12,14,16,23,26H,8-10H2,1-3H3,(H,19,25)(H,20,24)/t14?,16-/m0/s1. The molecule has 144 valence electrons. The number of hydrogen-bond donors (Lipinski definition) is 4. The van der Waals surface area contributed by atoms with Gasteiger partial charge in [0.1, 0.15) is 11.8 Å². The largest absolute Gasteiger partial charge is 0.508 e. The Kier molecular flexibility index (Phi) is 8.57. The van der Waals surface area contributed by atoms with Crippen LogP contribution in [0.3, 0.4) is 0 Å². The molecule has 1 aromatic rings. The number of rotatable bonds is 10. The molecule has 8 nitrogen and oxygen atoms in total. The van der Waals surface area contributed by atoms with Crippen LogP contribution in [0.1, 0.15) is 25.8 Å². The van der Waals surface area contributed by atoms with Crippen LogP contribution < -0.4 is 10.6 Å². The third-order valence-electron chi connectivity index (χ3n) is 3.91. The van der Waals surface area contributed by atoms with Crippen LogP contribution in [0.4, 0.5) is 0 Å². The van der Waals surface area contributed by atoms with Crippen LogP contribution in [0.2, 0.25) is 0 Å². The first-order chi connectivity index (χ1) is 12.3. The van der Waals surface area contributed by atoms with E-state index in [2.05, 4.69) is 10.6 Å². The molecule has 0 aromatic heterocycles. The van der Waals surface area contributed by atoms with Gasteiger partial charge in [0.15, 0.2) is 0 Å². The van der Waals surface area contributed by atoms with E-state index in [1.54, 1.807) is 12.1 Å². The minimum Gasteiger partial charge on any atom is -0.508 e. The van der Waals surface area contributed by atoms with Gasteiger partial charge in [0.05, 0.1) is 12.5 Å². The number of amides is 3. The summed E-state index contributed by atoms with van der Waals surface area (Å²) in [5.41, 5.74) is 0.772. The second-order valence-corrected chi connectivity index (χ2v) is 6.60. The van der Waals surface area contributed by atoms with Crippen LogP contribution in [0.5, 0.6) is 5.75 Å². The minimum atomic E-state index is -0.810. The molecule has 1 unspecified atom stereocenters. The average molecular weight is 365 g/mol. The molecule has 8 heteroatoms. The Hall–Kier alpha value is -2.61. The van der Waals surface area contributed by atoms with E-state index < -0.39 is 17.9 Å². The number of carbonyl (C=O) groups is 3. The molecule has 2 atom stereocenters. The number of nitrogens with one attached hydrogen (secondary N) is 2. The molecule has 0 bridgehead atoms. The summed E-state index contributed by atoms with van der Waals surface area (Å²) in [5, 5.41) is 24.4. The molecule has 0 aliphatic rings. The number of benzene rings is 1. The smallest absolute Gasteiger partial charge is 0.242 e. The maximum absolute atomic E-state index is 12.6. The lowest BCUT2D eigenvalue weighted by Crippen LogP contribution is -2.50. The fraction of sp³-hybridized carbons (Fsp3) is 0.500. The normalized spacial score (nSPS) is 13.0. The highest BCUT2D eigenvalue weighted by molar-refractivity contribution is 5.88. The molecule has 0 aliphatic heterocycles. The summed E-state index contributed by atoms with van der Waals surface area (Å²) in [6.45, 7) is 3.71. The number of phenols is 1. The van der Waals surface area contributed by atoms with Crippen molar-refractivity contribution < 1.29 is 24.7 Å². The molecule has 0 radical (unpaired) electrons. The Morgan fingerprint density at radius 2 is 1.81 bits per heavy atom.